The van der Waals surface area contributed by atoms with Gasteiger partial charge in [0.05, 0.1) is 5.02 Å². The Bertz CT molecular complexity index is 1090. The first-order chi connectivity index (χ1) is 12.6. The molecule has 0 fully saturated rings. The highest BCUT2D eigenvalue weighted by Crippen LogP contribution is 2.36. The van der Waals surface area contributed by atoms with Gasteiger partial charge in [-0.2, -0.15) is 0 Å². The number of hydrogen-bond acceptors (Lipinski definition) is 2. The van der Waals surface area contributed by atoms with Crippen molar-refractivity contribution >= 4 is 28.8 Å². The summed E-state index contributed by atoms with van der Waals surface area (Å²) in [7, 11) is 0. The van der Waals surface area contributed by atoms with E-state index >= 15 is 0 Å². The smallest absolute Gasteiger partial charge is 0.143 e. The average Bonchev–Trinajstić information content (AvgIpc) is 2.98. The summed E-state index contributed by atoms with van der Waals surface area (Å²) in [5.41, 5.74) is 7.31. The van der Waals surface area contributed by atoms with Crippen LogP contribution in [0.1, 0.15) is 16.7 Å². The summed E-state index contributed by atoms with van der Waals surface area (Å²) in [6.07, 6.45) is 2.03. The molecule has 0 aliphatic heterocycles. The molecule has 2 aromatic carbocycles. The molecule has 130 valence electrons. The Morgan fingerprint density at radius 2 is 1.54 bits per heavy atom. The Morgan fingerprint density at radius 1 is 0.846 bits per heavy atom. The third-order valence-corrected chi connectivity index (χ3v) is 5.03. The van der Waals surface area contributed by atoms with E-state index in [0.29, 0.717) is 5.02 Å². The molecule has 3 nitrogen and oxygen atoms in total. The lowest BCUT2D eigenvalue weighted by molar-refractivity contribution is 1.16. The van der Waals surface area contributed by atoms with Crippen LogP contribution in [0.2, 0.25) is 5.02 Å². The molecule has 4 rings (SSSR count). The monoisotopic (exact) mass is 361 g/mol. The summed E-state index contributed by atoms with van der Waals surface area (Å²) < 4.78 is 2.10. The van der Waals surface area contributed by atoms with Gasteiger partial charge in [-0.3, -0.25) is 4.40 Å². The number of para-hydroxylation sites is 1. The van der Waals surface area contributed by atoms with Crippen molar-refractivity contribution in [2.75, 3.05) is 5.32 Å². The van der Waals surface area contributed by atoms with Gasteiger partial charge < -0.3 is 5.32 Å². The second-order valence-electron chi connectivity index (χ2n) is 6.57. The maximum atomic E-state index is 6.49. The van der Waals surface area contributed by atoms with Gasteiger partial charge >= 0.3 is 0 Å². The first-order valence-corrected chi connectivity index (χ1v) is 9.00. The fraction of sp³-hybridized carbons (Fsp3) is 0.136. The van der Waals surface area contributed by atoms with Crippen LogP contribution in [0.3, 0.4) is 0 Å². The fourth-order valence-electron chi connectivity index (χ4n) is 3.29. The number of hydrogen-bond donors (Lipinski definition) is 1. The zero-order valence-corrected chi connectivity index (χ0v) is 15.8. The van der Waals surface area contributed by atoms with Crippen LogP contribution < -0.4 is 5.32 Å². The quantitative estimate of drug-likeness (QED) is 0.462. The number of pyridine rings is 1. The summed E-state index contributed by atoms with van der Waals surface area (Å²) >= 11 is 6.49. The van der Waals surface area contributed by atoms with Gasteiger partial charge in [0.1, 0.15) is 17.2 Å². The van der Waals surface area contributed by atoms with Crippen molar-refractivity contribution in [3.63, 3.8) is 0 Å². The van der Waals surface area contributed by atoms with Crippen LogP contribution in [0.15, 0.2) is 60.8 Å². The van der Waals surface area contributed by atoms with E-state index < -0.39 is 0 Å². The lowest BCUT2D eigenvalue weighted by atomic mass is 10.1. The Kier molecular flexibility index (Phi) is 4.17. The molecule has 0 spiro atoms. The Morgan fingerprint density at radius 3 is 2.27 bits per heavy atom. The molecular weight excluding hydrogens is 342 g/mol. The van der Waals surface area contributed by atoms with Crippen LogP contribution >= 0.6 is 11.6 Å². The zero-order valence-electron chi connectivity index (χ0n) is 15.0. The number of benzene rings is 2. The van der Waals surface area contributed by atoms with Crippen molar-refractivity contribution < 1.29 is 0 Å². The van der Waals surface area contributed by atoms with Crippen molar-refractivity contribution in [1.29, 1.82) is 0 Å². The third-order valence-electron chi connectivity index (χ3n) is 4.70. The summed E-state index contributed by atoms with van der Waals surface area (Å²) in [6, 6.07) is 18.2. The molecule has 0 aliphatic rings. The van der Waals surface area contributed by atoms with Crippen molar-refractivity contribution in [3.8, 4) is 11.3 Å². The molecule has 0 unspecified atom stereocenters. The molecule has 4 aromatic rings. The predicted octanol–water partition coefficient (Wildman–Crippen LogP) is 6.32. The van der Waals surface area contributed by atoms with Gasteiger partial charge in [-0.25, -0.2) is 4.98 Å². The third kappa shape index (κ3) is 2.74. The predicted molar refractivity (Wildman–Crippen MR) is 110 cm³/mol. The first kappa shape index (κ1) is 16.7. The minimum Gasteiger partial charge on any atom is -0.339 e. The molecule has 4 heteroatoms. The first-order valence-electron chi connectivity index (χ1n) is 8.62. The fourth-order valence-corrected chi connectivity index (χ4v) is 3.52. The number of anilines is 2. The van der Waals surface area contributed by atoms with Crippen LogP contribution in [-0.2, 0) is 0 Å². The van der Waals surface area contributed by atoms with Gasteiger partial charge in [0.25, 0.3) is 0 Å². The van der Waals surface area contributed by atoms with Crippen molar-refractivity contribution in [1.82, 2.24) is 9.38 Å². The van der Waals surface area contributed by atoms with Gasteiger partial charge in [-0.1, -0.05) is 54.1 Å². The Balaban J connectivity index is 1.99. The van der Waals surface area contributed by atoms with Gasteiger partial charge in [0.2, 0.25) is 0 Å². The summed E-state index contributed by atoms with van der Waals surface area (Å²) in [4.78, 5) is 4.91. The van der Waals surface area contributed by atoms with E-state index in [1.807, 2.05) is 36.5 Å². The van der Waals surface area contributed by atoms with Crippen LogP contribution in [-0.4, -0.2) is 9.38 Å². The summed E-state index contributed by atoms with van der Waals surface area (Å²) in [6.45, 7) is 6.29. The second-order valence-corrected chi connectivity index (χ2v) is 6.97. The molecule has 0 saturated carbocycles. The number of aromatic nitrogens is 2. The van der Waals surface area contributed by atoms with E-state index in [4.69, 9.17) is 16.6 Å². The molecule has 0 saturated heterocycles. The minimum absolute atomic E-state index is 0.693. The molecule has 26 heavy (non-hydrogen) atoms. The van der Waals surface area contributed by atoms with Gasteiger partial charge in [0, 0.05) is 17.4 Å². The summed E-state index contributed by atoms with van der Waals surface area (Å²) in [5.74, 6) is 0.925. The molecule has 0 atom stereocenters. The molecule has 0 amide bonds. The topological polar surface area (TPSA) is 29.3 Å². The maximum Gasteiger partial charge on any atom is 0.143 e. The SMILES string of the molecule is Cc1cccc(C)c1Nc1c(-c2ccccc2Cl)nc2c(C)cccn12. The number of aryl methyl sites for hydroxylation is 3. The lowest BCUT2D eigenvalue weighted by Gasteiger charge is -2.14. The highest BCUT2D eigenvalue weighted by Gasteiger charge is 2.18. The van der Waals surface area contributed by atoms with Gasteiger partial charge in [-0.15, -0.1) is 0 Å². The van der Waals surface area contributed by atoms with Gasteiger partial charge in [0.15, 0.2) is 0 Å². The van der Waals surface area contributed by atoms with Crippen LogP contribution in [0.5, 0.6) is 0 Å². The lowest BCUT2D eigenvalue weighted by Crippen LogP contribution is -2.01. The molecule has 0 bridgehead atoms. The normalized spacial score (nSPS) is 11.1. The van der Waals surface area contributed by atoms with Crippen molar-refractivity contribution in [2.24, 2.45) is 0 Å². The van der Waals surface area contributed by atoms with E-state index in [0.717, 1.165) is 34.0 Å². The second kappa shape index (κ2) is 6.50. The summed E-state index contributed by atoms with van der Waals surface area (Å²) in [5, 5.41) is 4.32. The van der Waals surface area contributed by atoms with Crippen LogP contribution in [0.4, 0.5) is 11.5 Å². The number of rotatable bonds is 3. The maximum absolute atomic E-state index is 6.49. The largest absolute Gasteiger partial charge is 0.339 e. The molecule has 2 aromatic heterocycles. The number of nitrogens with zero attached hydrogens (tertiary/aromatic N) is 2. The van der Waals surface area contributed by atoms with E-state index in [1.54, 1.807) is 0 Å². The van der Waals surface area contributed by atoms with Crippen LogP contribution in [0, 0.1) is 20.8 Å². The van der Waals surface area contributed by atoms with E-state index in [1.165, 1.54) is 11.1 Å². The Hall–Kier alpha value is -2.78. The zero-order chi connectivity index (χ0) is 18.3. The molecular formula is C22H20ClN3. The van der Waals surface area contributed by atoms with Crippen molar-refractivity contribution in [2.45, 2.75) is 20.8 Å². The van der Waals surface area contributed by atoms with Crippen molar-refractivity contribution in [3.05, 3.63) is 82.5 Å². The number of imidazole rings is 1. The van der Waals surface area contributed by atoms with Crippen LogP contribution in [0.25, 0.3) is 16.9 Å². The average molecular weight is 362 g/mol. The highest BCUT2D eigenvalue weighted by atomic mass is 35.5. The molecule has 0 aliphatic carbocycles. The standard InChI is InChI=1S/C22H20ClN3/c1-14-8-6-9-15(2)19(14)24-22-20(17-11-4-5-12-18(17)23)25-21-16(3)10-7-13-26(21)22/h4-13,24H,1-3H3. The molecule has 0 radical (unpaired) electrons. The number of halogens is 1. The molecule has 1 N–H and O–H groups in total. The number of fused-ring (bicyclic) bond motifs is 1. The van der Waals surface area contributed by atoms with E-state index in [-0.39, 0.29) is 0 Å². The Labute approximate surface area is 158 Å². The minimum atomic E-state index is 0.693. The molecule has 2 heterocycles. The van der Waals surface area contributed by atoms with E-state index in [9.17, 15) is 0 Å². The van der Waals surface area contributed by atoms with Gasteiger partial charge in [-0.05, 0) is 49.6 Å². The highest BCUT2D eigenvalue weighted by molar-refractivity contribution is 6.33. The number of nitrogens with one attached hydrogen (secondary N) is 1. The van der Waals surface area contributed by atoms with E-state index in [2.05, 4.69) is 54.8 Å².